The normalized spacial score (nSPS) is 22.0. The van der Waals surface area contributed by atoms with Gasteiger partial charge < -0.3 is 10.6 Å². The smallest absolute Gasteiger partial charge is 0.238 e. The van der Waals surface area contributed by atoms with Gasteiger partial charge in [0.15, 0.2) is 5.96 Å². The Balaban J connectivity index is 1.82. The minimum atomic E-state index is -3.64. The highest BCUT2D eigenvalue weighted by Gasteiger charge is 2.31. The lowest BCUT2D eigenvalue weighted by Gasteiger charge is -2.22. The second-order valence-corrected chi connectivity index (χ2v) is 8.78. The molecule has 1 saturated heterocycles. The summed E-state index contributed by atoms with van der Waals surface area (Å²) in [6.45, 7) is 9.55. The molecular formula is C18H31N5O2S. The van der Waals surface area contributed by atoms with E-state index in [9.17, 15) is 8.42 Å². The minimum absolute atomic E-state index is 0.136. The average molecular weight is 382 g/mol. The molecule has 0 saturated carbocycles. The Bertz CT molecular complexity index is 716. The summed E-state index contributed by atoms with van der Waals surface area (Å²) in [5.74, 6) is 1.37. The first-order valence-electron chi connectivity index (χ1n) is 9.03. The Labute approximate surface area is 157 Å². The van der Waals surface area contributed by atoms with Crippen LogP contribution in [-0.4, -0.2) is 58.0 Å². The topological polar surface area (TPSA) is 99.8 Å². The number of primary sulfonamides is 1. The molecule has 0 spiro atoms. The molecule has 1 aromatic carbocycles. The Morgan fingerprint density at radius 3 is 2.46 bits per heavy atom. The summed E-state index contributed by atoms with van der Waals surface area (Å²) in [4.78, 5) is 6.92. The fourth-order valence-corrected chi connectivity index (χ4v) is 3.67. The number of benzene rings is 1. The molecule has 1 aliphatic rings. The van der Waals surface area contributed by atoms with Gasteiger partial charge in [0, 0.05) is 38.8 Å². The molecule has 146 valence electrons. The SMILES string of the molecule is CN=C(NCCc1ccc(S(N)(=O)=O)cc1)NC1CN(C(C)C)CC1C. The Kier molecular flexibility index (Phi) is 7.02. The zero-order chi connectivity index (χ0) is 19.3. The van der Waals surface area contributed by atoms with E-state index in [1.807, 2.05) is 0 Å². The molecule has 2 atom stereocenters. The van der Waals surface area contributed by atoms with Crippen LogP contribution in [-0.2, 0) is 16.4 Å². The van der Waals surface area contributed by atoms with Crippen molar-refractivity contribution in [2.24, 2.45) is 16.0 Å². The van der Waals surface area contributed by atoms with Crippen molar-refractivity contribution in [2.75, 3.05) is 26.7 Å². The maximum Gasteiger partial charge on any atom is 0.238 e. The molecule has 2 unspecified atom stereocenters. The summed E-state index contributed by atoms with van der Waals surface area (Å²) < 4.78 is 22.6. The van der Waals surface area contributed by atoms with Gasteiger partial charge >= 0.3 is 0 Å². The van der Waals surface area contributed by atoms with Crippen LogP contribution in [0.3, 0.4) is 0 Å². The molecule has 0 aromatic heterocycles. The molecule has 0 aliphatic carbocycles. The van der Waals surface area contributed by atoms with Crippen molar-refractivity contribution in [2.45, 2.75) is 44.2 Å². The van der Waals surface area contributed by atoms with Gasteiger partial charge in [-0.15, -0.1) is 0 Å². The molecule has 26 heavy (non-hydrogen) atoms. The third-order valence-electron chi connectivity index (χ3n) is 4.87. The largest absolute Gasteiger partial charge is 0.356 e. The standard InChI is InChI=1S/C18H31N5O2S/c1-13(2)23-11-14(3)17(12-23)22-18(20-4)21-10-9-15-5-7-16(8-6-15)26(19,24)25/h5-8,13-14,17H,9-12H2,1-4H3,(H2,19,24,25)(H2,20,21,22). The summed E-state index contributed by atoms with van der Waals surface area (Å²) in [7, 11) is -1.86. The number of hydrogen-bond acceptors (Lipinski definition) is 4. The highest BCUT2D eigenvalue weighted by atomic mass is 32.2. The van der Waals surface area contributed by atoms with Crippen LogP contribution < -0.4 is 15.8 Å². The first-order valence-corrected chi connectivity index (χ1v) is 10.6. The van der Waals surface area contributed by atoms with Gasteiger partial charge in [0.1, 0.15) is 0 Å². The van der Waals surface area contributed by atoms with Gasteiger partial charge in [0.25, 0.3) is 0 Å². The van der Waals surface area contributed by atoms with Gasteiger partial charge in [-0.2, -0.15) is 0 Å². The molecular weight excluding hydrogens is 350 g/mol. The van der Waals surface area contributed by atoms with Crippen LogP contribution >= 0.6 is 0 Å². The van der Waals surface area contributed by atoms with E-state index in [0.717, 1.165) is 31.0 Å². The second kappa shape index (κ2) is 8.83. The maximum absolute atomic E-state index is 11.3. The van der Waals surface area contributed by atoms with Crippen LogP contribution in [0.1, 0.15) is 26.3 Å². The Hall–Kier alpha value is -1.64. The van der Waals surface area contributed by atoms with Crippen LogP contribution in [0.5, 0.6) is 0 Å². The minimum Gasteiger partial charge on any atom is -0.356 e. The lowest BCUT2D eigenvalue weighted by molar-refractivity contribution is 0.265. The van der Waals surface area contributed by atoms with Gasteiger partial charge in [0.2, 0.25) is 10.0 Å². The number of sulfonamides is 1. The molecule has 1 aromatic rings. The summed E-state index contributed by atoms with van der Waals surface area (Å²) in [5.41, 5.74) is 1.04. The third kappa shape index (κ3) is 5.69. The molecule has 0 radical (unpaired) electrons. The van der Waals surface area contributed by atoms with E-state index in [1.54, 1.807) is 31.3 Å². The molecule has 7 nitrogen and oxygen atoms in total. The number of hydrogen-bond donors (Lipinski definition) is 3. The number of aliphatic imine (C=N–C) groups is 1. The van der Waals surface area contributed by atoms with Gasteiger partial charge in [-0.1, -0.05) is 19.1 Å². The monoisotopic (exact) mass is 381 g/mol. The average Bonchev–Trinajstić information content (AvgIpc) is 2.94. The van der Waals surface area contributed by atoms with Crippen molar-refractivity contribution < 1.29 is 8.42 Å². The van der Waals surface area contributed by atoms with Crippen molar-refractivity contribution in [1.82, 2.24) is 15.5 Å². The van der Waals surface area contributed by atoms with E-state index in [-0.39, 0.29) is 4.90 Å². The number of nitrogens with two attached hydrogens (primary N) is 1. The molecule has 0 bridgehead atoms. The molecule has 1 heterocycles. The highest BCUT2D eigenvalue weighted by molar-refractivity contribution is 7.89. The number of likely N-dealkylation sites (tertiary alicyclic amines) is 1. The van der Waals surface area contributed by atoms with E-state index >= 15 is 0 Å². The van der Waals surface area contributed by atoms with E-state index in [2.05, 4.69) is 41.3 Å². The zero-order valence-electron chi connectivity index (χ0n) is 16.1. The van der Waals surface area contributed by atoms with Gasteiger partial charge in [0.05, 0.1) is 4.90 Å². The molecule has 8 heteroatoms. The number of rotatable bonds is 6. The highest BCUT2D eigenvalue weighted by Crippen LogP contribution is 2.18. The van der Waals surface area contributed by atoms with Gasteiger partial charge in [-0.05, 0) is 43.9 Å². The predicted octanol–water partition coefficient (Wildman–Crippen LogP) is 0.770. The van der Waals surface area contributed by atoms with E-state index in [4.69, 9.17) is 5.14 Å². The predicted molar refractivity (Wildman–Crippen MR) is 106 cm³/mol. The molecule has 2 rings (SSSR count). The van der Waals surface area contributed by atoms with Crippen LogP contribution in [0, 0.1) is 5.92 Å². The fraction of sp³-hybridized carbons (Fsp3) is 0.611. The molecule has 4 N–H and O–H groups in total. The first kappa shape index (κ1) is 20.7. The van der Waals surface area contributed by atoms with E-state index in [1.165, 1.54) is 0 Å². The fourth-order valence-electron chi connectivity index (χ4n) is 3.16. The van der Waals surface area contributed by atoms with Crippen molar-refractivity contribution in [3.05, 3.63) is 29.8 Å². The van der Waals surface area contributed by atoms with E-state index in [0.29, 0.717) is 24.5 Å². The van der Waals surface area contributed by atoms with Gasteiger partial charge in [-0.3, -0.25) is 9.89 Å². The quantitative estimate of drug-likeness (QED) is 0.499. The molecule has 0 amide bonds. The van der Waals surface area contributed by atoms with Crippen molar-refractivity contribution >= 4 is 16.0 Å². The van der Waals surface area contributed by atoms with Crippen molar-refractivity contribution in [3.63, 3.8) is 0 Å². The summed E-state index contributed by atoms with van der Waals surface area (Å²) in [6.07, 6.45) is 0.768. The number of nitrogens with zero attached hydrogens (tertiary/aromatic N) is 2. The zero-order valence-corrected chi connectivity index (χ0v) is 16.9. The third-order valence-corrected chi connectivity index (χ3v) is 5.80. The van der Waals surface area contributed by atoms with Crippen molar-refractivity contribution in [3.8, 4) is 0 Å². The van der Waals surface area contributed by atoms with Crippen LogP contribution in [0.25, 0.3) is 0 Å². The first-order chi connectivity index (χ1) is 12.2. The lowest BCUT2D eigenvalue weighted by Crippen LogP contribution is -2.47. The van der Waals surface area contributed by atoms with Crippen LogP contribution in [0.4, 0.5) is 0 Å². The van der Waals surface area contributed by atoms with Crippen LogP contribution in [0.2, 0.25) is 0 Å². The molecule has 1 fully saturated rings. The summed E-state index contributed by atoms with van der Waals surface area (Å²) in [6, 6.07) is 7.60. The summed E-state index contributed by atoms with van der Waals surface area (Å²) in [5, 5.41) is 12.0. The second-order valence-electron chi connectivity index (χ2n) is 7.21. The maximum atomic E-state index is 11.3. The van der Waals surface area contributed by atoms with Crippen molar-refractivity contribution in [1.29, 1.82) is 0 Å². The van der Waals surface area contributed by atoms with Crippen LogP contribution in [0.15, 0.2) is 34.2 Å². The molecule has 1 aliphatic heterocycles. The summed E-state index contributed by atoms with van der Waals surface area (Å²) >= 11 is 0. The lowest BCUT2D eigenvalue weighted by atomic mass is 10.1. The number of guanidine groups is 1. The number of nitrogens with one attached hydrogen (secondary N) is 2. The van der Waals surface area contributed by atoms with E-state index < -0.39 is 10.0 Å². The Morgan fingerprint density at radius 1 is 1.31 bits per heavy atom. The van der Waals surface area contributed by atoms with Gasteiger partial charge in [-0.25, -0.2) is 13.6 Å². The Morgan fingerprint density at radius 2 is 1.96 bits per heavy atom.